The van der Waals surface area contributed by atoms with Gasteiger partial charge in [-0.25, -0.2) is 0 Å². The molecule has 0 radical (unpaired) electrons. The summed E-state index contributed by atoms with van der Waals surface area (Å²) in [6.45, 7) is 18.1. The van der Waals surface area contributed by atoms with E-state index in [1.54, 1.807) is 58.0 Å². The van der Waals surface area contributed by atoms with Crippen molar-refractivity contribution in [2.45, 2.75) is 123 Å². The van der Waals surface area contributed by atoms with E-state index in [2.05, 4.69) is 38.1 Å². The van der Waals surface area contributed by atoms with E-state index < -0.39 is 177 Å². The fourth-order valence-electron chi connectivity index (χ4n) is 12.4. The van der Waals surface area contributed by atoms with Gasteiger partial charge in [-0.1, -0.05) is 191 Å². The van der Waals surface area contributed by atoms with Crippen LogP contribution in [0.4, 0.5) is 0 Å². The molecule has 0 bridgehead atoms. The maximum Gasteiger partial charge on any atom is 0.425 e. The van der Waals surface area contributed by atoms with Crippen LogP contribution < -0.4 is 0 Å². The van der Waals surface area contributed by atoms with Crippen LogP contribution in [-0.4, -0.2) is 181 Å². The normalized spacial score (nSPS) is 11.7. The molecule has 56 heteroatoms. The van der Waals surface area contributed by atoms with Gasteiger partial charge in [-0.05, 0) is 192 Å². The minimum atomic E-state index is -4.60. The summed E-state index contributed by atoms with van der Waals surface area (Å²) in [6.07, 6.45) is 0. The van der Waals surface area contributed by atoms with E-state index in [-0.39, 0.29) is 68.2 Å². The highest BCUT2D eigenvalue weighted by Crippen LogP contribution is 2.36. The lowest BCUT2D eigenvalue weighted by Gasteiger charge is -2.09. The Morgan fingerprint density at radius 3 is 0.906 bits per heavy atom. The topological polar surface area (TPSA) is 752 Å². The van der Waals surface area contributed by atoms with Crippen molar-refractivity contribution in [1.29, 1.82) is 0 Å². The molecule has 0 aliphatic carbocycles. The number of hydrogen-bond donors (Lipinski definition) is 11. The molecule has 11 N–H and O–H groups in total. The van der Waals surface area contributed by atoms with Crippen LogP contribution in [0, 0.1) is 69.2 Å². The summed E-state index contributed by atoms with van der Waals surface area (Å²) in [4.78, 5) is -3.68. The molecule has 14 aromatic carbocycles. The van der Waals surface area contributed by atoms with E-state index in [1.165, 1.54) is 139 Å². The summed E-state index contributed by atoms with van der Waals surface area (Å²) < 4.78 is 421. The zero-order chi connectivity index (χ0) is 106. The maximum absolute atomic E-state index is 11.4. The number of benzene rings is 14. The highest BCUT2D eigenvalue weighted by atomic mass is 32.3. The van der Waals surface area contributed by atoms with Gasteiger partial charge in [-0.15, -0.1) is 37.9 Å². The molecule has 0 aliphatic rings. The van der Waals surface area contributed by atoms with E-state index >= 15 is 0 Å². The zero-order valence-corrected chi connectivity index (χ0v) is 83.7. The van der Waals surface area contributed by atoms with Crippen LogP contribution in [-0.2, 0) is 143 Å². The average molecular weight is 2190 g/mol. The number of fused-ring (bicyclic) bond motifs is 6. The second-order valence-corrected chi connectivity index (χ2v) is 45.3. The van der Waals surface area contributed by atoms with Gasteiger partial charge < -0.3 is 0 Å². The monoisotopic (exact) mass is 2180 g/mol. The highest BCUT2D eigenvalue weighted by Gasteiger charge is 2.26. The third-order valence-electron chi connectivity index (χ3n) is 17.9. The molecule has 0 saturated carbocycles. The average Bonchev–Trinajstić information content (AvgIpc) is 0.740. The molecule has 14 rings (SSSR count). The summed E-state index contributed by atoms with van der Waals surface area (Å²) in [7, 11) is -57.7. The van der Waals surface area contributed by atoms with Crippen molar-refractivity contribution in [2.75, 3.05) is 0 Å². The smallest absolute Gasteiger partial charge is 0.282 e. The van der Waals surface area contributed by atoms with Crippen LogP contribution in [0.2, 0.25) is 0 Å². The minimum Gasteiger partial charge on any atom is -0.282 e. The molecule has 0 saturated heterocycles. The van der Waals surface area contributed by atoms with Gasteiger partial charge in [0.1, 0.15) is 39.2 Å². The quantitative estimate of drug-likeness (QED) is 0.0536. The Bertz CT molecular complexity index is 8670. The van der Waals surface area contributed by atoms with Crippen LogP contribution >= 0.6 is 0 Å². The van der Waals surface area contributed by atoms with Crippen molar-refractivity contribution in [3.05, 3.63) is 292 Å². The first-order valence-corrected chi connectivity index (χ1v) is 55.9. The summed E-state index contributed by atoms with van der Waals surface area (Å²) >= 11 is 0. The molecular weight excluding hydrogens is 2110 g/mol. The van der Waals surface area contributed by atoms with Crippen molar-refractivity contribution in [1.82, 2.24) is 0 Å². The van der Waals surface area contributed by atoms with Crippen molar-refractivity contribution in [3.8, 4) is 0 Å². The molecule has 42 nitrogen and oxygen atoms in total. The van der Waals surface area contributed by atoms with Crippen LogP contribution in [0.1, 0.15) is 55.6 Å². The van der Waals surface area contributed by atoms with Gasteiger partial charge in [-0.2, -0.15) is 92.6 Å². The fourth-order valence-corrected chi connectivity index (χ4v) is 20.2. The molecule has 0 spiro atoms. The molecule has 744 valence electrons. The molecular formula is C82H80O42S14. The van der Waals surface area contributed by atoms with E-state index in [9.17, 15) is 97.1 Å². The lowest BCUT2D eigenvalue weighted by Crippen LogP contribution is -2.04. The number of aryl methyl sites for hydroxylation is 10. The first-order valence-electron chi connectivity index (χ1n) is 37.0. The molecule has 0 heterocycles. The Morgan fingerprint density at radius 1 is 0.174 bits per heavy atom. The fraction of sp³-hybridized carbons (Fsp3) is 0.122. The van der Waals surface area contributed by atoms with Crippen LogP contribution in [0.15, 0.2) is 290 Å². The summed E-state index contributed by atoms with van der Waals surface area (Å²) in [5.74, 6) is 0. The Labute approximate surface area is 796 Å². The molecule has 0 atom stereocenters. The van der Waals surface area contributed by atoms with E-state index in [0.717, 1.165) is 68.2 Å². The minimum absolute atomic E-state index is 0.0255. The molecule has 0 aromatic heterocycles. The summed E-state index contributed by atoms with van der Waals surface area (Å²) in [5.41, 5.74) is 8.55. The van der Waals surface area contributed by atoms with Gasteiger partial charge in [0.25, 0.3) is 111 Å². The van der Waals surface area contributed by atoms with Crippen molar-refractivity contribution < 1.29 is 181 Å². The predicted octanol–water partition coefficient (Wildman–Crippen LogP) is 12.2. The van der Waals surface area contributed by atoms with E-state index in [1.807, 2.05) is 57.2 Å². The van der Waals surface area contributed by atoms with Crippen LogP contribution in [0.3, 0.4) is 0 Å². The standard InChI is InChI=1S/C12H12O3S.4C11H10O6S2.C11H10O3S.C8H10.C7H8O3S.3O3S/c1-8-3-4-11-10(5-8)6-9(2)7-12(11)16(13,14)15;1-7-2-3-8-5-9(18(12,13)14)6-11(10(8)4-7)19(15,16)17;1-7-5-9-8(11(6-7)19(15,16)17)3-2-4-10(9)18(12,13)14;1-7-5-6-8-9(11(7)19(15,16)17)3-2-4-10(8)18(12,13)14;1-7-5-6-9(18(12,13)14)8-3-2-4-10(11(7)8)19(15,16)17;1-8-2-3-10-7-11(15(12,13)14)5-4-9(10)6-8;1-7-4-3-5-8(2)6-7;1-6-2-4-7(5-3-6)11(8,9)10;3*1-4(2)3/h3-7H,1-2H3,(H,13,14,15);4*2-6H,1H3,(H,12,13,14)(H,15,16,17);2-7H,1H3,(H,12,13,14);3-6H,1-2H3;2-5H,1H3,(H,8,9,10);;;. The second kappa shape index (κ2) is 47.9. The molecule has 14 aromatic rings. The van der Waals surface area contributed by atoms with Crippen molar-refractivity contribution in [3.63, 3.8) is 0 Å². The predicted molar refractivity (Wildman–Crippen MR) is 501 cm³/mol. The van der Waals surface area contributed by atoms with Gasteiger partial charge in [0.15, 0.2) is 0 Å². The third-order valence-corrected chi connectivity index (χ3v) is 27.8. The number of hydrogen-bond acceptors (Lipinski definition) is 31. The Hall–Kier alpha value is -11.5. The molecule has 138 heavy (non-hydrogen) atoms. The van der Waals surface area contributed by atoms with Crippen LogP contribution in [0.25, 0.3) is 64.6 Å². The molecule has 0 aliphatic heterocycles. The largest absolute Gasteiger partial charge is 0.425 e. The zero-order valence-electron chi connectivity index (χ0n) is 72.3. The second-order valence-electron chi connectivity index (χ2n) is 28.7. The molecule has 0 unspecified atom stereocenters. The van der Waals surface area contributed by atoms with Gasteiger partial charge in [0.05, 0.1) is 14.7 Å². The van der Waals surface area contributed by atoms with Crippen LogP contribution in [0.5, 0.6) is 0 Å². The Balaban J connectivity index is 0.000000326. The summed E-state index contributed by atoms with van der Waals surface area (Å²) in [5, 5.41) is 3.87. The first kappa shape index (κ1) is 119. The SMILES string of the molecule is Cc1cc(S(=O)(=O)O)c2cccc(S(=O)(=O)O)c2c1.Cc1ccc(S(=O)(=O)O)c2cccc(S(=O)(=O)O)c12.Cc1ccc(S(=O)(=O)O)cc1.Cc1ccc2c(S(=O)(=O)O)cc(C)cc2c1.Cc1ccc2c(S(=O)(=O)O)cccc2c1S(=O)(=O)O.Cc1ccc2cc(S(=O)(=O)O)cc(S(=O)(=O)O)c2c1.Cc1ccc2cc(S(=O)(=O)O)ccc2c1.Cc1cccc(C)c1.O=S(=O)=O.O=S(=O)=O.O=S(=O)=O. The van der Waals surface area contributed by atoms with Crippen molar-refractivity contribution in [2.24, 2.45) is 0 Å². The molecule has 0 amide bonds. The van der Waals surface area contributed by atoms with Gasteiger partial charge >= 0.3 is 31.8 Å². The lowest BCUT2D eigenvalue weighted by molar-refractivity contribution is 0.478. The molecule has 0 fully saturated rings. The third kappa shape index (κ3) is 37.0. The van der Waals surface area contributed by atoms with E-state index in [0.29, 0.717) is 16.5 Å². The summed E-state index contributed by atoms with van der Waals surface area (Å²) in [6, 6.07) is 59.4. The van der Waals surface area contributed by atoms with Gasteiger partial charge in [-0.3, -0.25) is 50.1 Å². The van der Waals surface area contributed by atoms with Gasteiger partial charge in [0.2, 0.25) is 0 Å². The Morgan fingerprint density at radius 2 is 0.471 bits per heavy atom. The van der Waals surface area contributed by atoms with Gasteiger partial charge in [0, 0.05) is 43.1 Å². The Kier molecular flexibility index (Phi) is 41.3. The maximum atomic E-state index is 11.4. The number of rotatable bonds is 11. The lowest BCUT2D eigenvalue weighted by atomic mass is 10.1. The first-order chi connectivity index (χ1) is 62.8. The van der Waals surface area contributed by atoms with E-state index in [4.69, 9.17) is 83.4 Å². The van der Waals surface area contributed by atoms with Crippen molar-refractivity contribution >= 4 is 208 Å². The highest BCUT2D eigenvalue weighted by molar-refractivity contribution is 7.89.